The fourth-order valence-electron chi connectivity index (χ4n) is 2.59. The minimum atomic E-state index is -3.16. The molecule has 1 heterocycles. The van der Waals surface area contributed by atoms with Gasteiger partial charge >= 0.3 is 0 Å². The zero-order chi connectivity index (χ0) is 14.5. The summed E-state index contributed by atoms with van der Waals surface area (Å²) in [7, 11) is -3.16. The van der Waals surface area contributed by atoms with Gasteiger partial charge in [0, 0.05) is 26.1 Å². The molecule has 110 valence electrons. The molecule has 1 saturated heterocycles. The fraction of sp³-hybridized carbons (Fsp3) is 0.923. The molecule has 0 aromatic heterocycles. The van der Waals surface area contributed by atoms with Crippen LogP contribution in [0, 0.1) is 16.7 Å². The summed E-state index contributed by atoms with van der Waals surface area (Å²) in [5.41, 5.74) is 0.0621. The summed E-state index contributed by atoms with van der Waals surface area (Å²) in [4.78, 5) is 2.21. The van der Waals surface area contributed by atoms with Crippen LogP contribution in [0.15, 0.2) is 0 Å². The first-order chi connectivity index (χ1) is 8.80. The quantitative estimate of drug-likeness (QED) is 0.766. The predicted octanol–water partition coefficient (Wildman–Crippen LogP) is 1.33. The third-order valence-electron chi connectivity index (χ3n) is 3.58. The molecule has 1 atom stereocenters. The number of nitrogens with one attached hydrogen (secondary N) is 1. The Morgan fingerprint density at radius 2 is 2.16 bits per heavy atom. The van der Waals surface area contributed by atoms with E-state index in [-0.39, 0.29) is 10.7 Å². The molecule has 1 fully saturated rings. The molecule has 1 rings (SSSR count). The first-order valence-electron chi connectivity index (χ1n) is 6.88. The van der Waals surface area contributed by atoms with Gasteiger partial charge in [0.25, 0.3) is 0 Å². The van der Waals surface area contributed by atoms with Crippen LogP contribution in [-0.4, -0.2) is 44.7 Å². The van der Waals surface area contributed by atoms with Crippen molar-refractivity contribution in [1.29, 1.82) is 5.26 Å². The second-order valence-electron chi connectivity index (χ2n) is 6.01. The van der Waals surface area contributed by atoms with E-state index in [2.05, 4.69) is 29.5 Å². The van der Waals surface area contributed by atoms with Crippen LogP contribution >= 0.6 is 0 Å². The van der Waals surface area contributed by atoms with Crippen molar-refractivity contribution in [2.24, 2.45) is 5.41 Å². The van der Waals surface area contributed by atoms with Gasteiger partial charge < -0.3 is 4.90 Å². The van der Waals surface area contributed by atoms with E-state index < -0.39 is 10.0 Å². The second-order valence-corrected chi connectivity index (χ2v) is 8.06. The van der Waals surface area contributed by atoms with E-state index in [9.17, 15) is 8.42 Å². The molecular weight excluding hydrogens is 262 g/mol. The molecule has 0 aliphatic carbocycles. The van der Waals surface area contributed by atoms with Gasteiger partial charge in [-0.05, 0) is 24.8 Å². The number of hydrogen-bond acceptors (Lipinski definition) is 4. The number of sulfonamides is 1. The third kappa shape index (κ3) is 5.09. The molecule has 0 bridgehead atoms. The van der Waals surface area contributed by atoms with Crippen LogP contribution in [0.2, 0.25) is 0 Å². The molecule has 0 spiro atoms. The standard InChI is InChI=1S/C13H25N3O2S/c1-4-15-19(17,18)12-6-9-16(10-12)11-13(2,3)7-5-8-14/h12,15H,4-7,9-11H2,1-3H3/t12-/m1/s1. The van der Waals surface area contributed by atoms with E-state index in [1.54, 1.807) is 6.92 Å². The predicted molar refractivity (Wildman–Crippen MR) is 76.1 cm³/mol. The summed E-state index contributed by atoms with van der Waals surface area (Å²) < 4.78 is 26.5. The van der Waals surface area contributed by atoms with Gasteiger partial charge in [0.1, 0.15) is 0 Å². The van der Waals surface area contributed by atoms with Gasteiger partial charge in [0.15, 0.2) is 0 Å². The van der Waals surface area contributed by atoms with E-state index in [0.29, 0.717) is 25.9 Å². The van der Waals surface area contributed by atoms with E-state index >= 15 is 0 Å². The molecular formula is C13H25N3O2S. The average molecular weight is 287 g/mol. The fourth-order valence-corrected chi connectivity index (χ4v) is 4.05. The van der Waals surface area contributed by atoms with Crippen LogP contribution in [0.25, 0.3) is 0 Å². The number of rotatable bonds is 7. The maximum absolute atomic E-state index is 11.9. The second kappa shape index (κ2) is 6.69. The summed E-state index contributed by atoms with van der Waals surface area (Å²) in [6.07, 6.45) is 2.11. The van der Waals surface area contributed by atoms with Crippen molar-refractivity contribution >= 4 is 10.0 Å². The third-order valence-corrected chi connectivity index (χ3v) is 5.53. The molecule has 19 heavy (non-hydrogen) atoms. The Balaban J connectivity index is 2.51. The van der Waals surface area contributed by atoms with Crippen LogP contribution in [-0.2, 0) is 10.0 Å². The van der Waals surface area contributed by atoms with Gasteiger partial charge in [-0.3, -0.25) is 0 Å². The molecule has 0 radical (unpaired) electrons. The normalized spacial score (nSPS) is 21.5. The van der Waals surface area contributed by atoms with E-state index in [1.807, 2.05) is 0 Å². The van der Waals surface area contributed by atoms with Crippen LogP contribution in [0.1, 0.15) is 40.0 Å². The number of hydrogen-bond donors (Lipinski definition) is 1. The van der Waals surface area contributed by atoms with Crippen molar-refractivity contribution < 1.29 is 8.42 Å². The zero-order valence-electron chi connectivity index (χ0n) is 12.1. The summed E-state index contributed by atoms with van der Waals surface area (Å²) in [6.45, 7) is 8.80. The molecule has 6 heteroatoms. The van der Waals surface area contributed by atoms with Crippen molar-refractivity contribution in [3.05, 3.63) is 0 Å². The maximum Gasteiger partial charge on any atom is 0.215 e. The Morgan fingerprint density at radius 1 is 1.47 bits per heavy atom. The largest absolute Gasteiger partial charge is 0.301 e. The summed E-state index contributed by atoms with van der Waals surface area (Å²) in [6, 6.07) is 2.17. The Bertz CT molecular complexity index is 426. The van der Waals surface area contributed by atoms with Crippen LogP contribution in [0.3, 0.4) is 0 Å². The first-order valence-corrected chi connectivity index (χ1v) is 8.43. The summed E-state index contributed by atoms with van der Waals surface area (Å²) >= 11 is 0. The molecule has 1 aliphatic rings. The van der Waals surface area contributed by atoms with E-state index in [1.165, 1.54) is 0 Å². The van der Waals surface area contributed by atoms with Crippen molar-refractivity contribution in [1.82, 2.24) is 9.62 Å². The van der Waals surface area contributed by atoms with Gasteiger partial charge in [0.2, 0.25) is 10.0 Å². The topological polar surface area (TPSA) is 73.2 Å². The maximum atomic E-state index is 11.9. The lowest BCUT2D eigenvalue weighted by Gasteiger charge is -2.29. The Kier molecular flexibility index (Phi) is 5.78. The molecule has 0 aromatic carbocycles. The van der Waals surface area contributed by atoms with Crippen molar-refractivity contribution in [3.63, 3.8) is 0 Å². The minimum absolute atomic E-state index is 0.0621. The Labute approximate surface area is 117 Å². The first kappa shape index (κ1) is 16.4. The van der Waals surface area contributed by atoms with Gasteiger partial charge in [-0.2, -0.15) is 5.26 Å². The van der Waals surface area contributed by atoms with Crippen LogP contribution in [0.4, 0.5) is 0 Å². The van der Waals surface area contributed by atoms with Crippen molar-refractivity contribution in [3.8, 4) is 6.07 Å². The molecule has 0 unspecified atom stereocenters. The highest BCUT2D eigenvalue weighted by Gasteiger charge is 2.34. The minimum Gasteiger partial charge on any atom is -0.301 e. The van der Waals surface area contributed by atoms with E-state index in [0.717, 1.165) is 19.5 Å². The van der Waals surface area contributed by atoms with Crippen molar-refractivity contribution in [2.45, 2.75) is 45.3 Å². The molecule has 1 N–H and O–H groups in total. The molecule has 1 aliphatic heterocycles. The molecule has 5 nitrogen and oxygen atoms in total. The lowest BCUT2D eigenvalue weighted by atomic mass is 9.87. The average Bonchev–Trinajstić information content (AvgIpc) is 2.75. The van der Waals surface area contributed by atoms with Gasteiger partial charge in [-0.1, -0.05) is 20.8 Å². The van der Waals surface area contributed by atoms with Gasteiger partial charge in [-0.15, -0.1) is 0 Å². The zero-order valence-corrected chi connectivity index (χ0v) is 13.0. The Hall–Kier alpha value is -0.640. The van der Waals surface area contributed by atoms with Crippen molar-refractivity contribution in [2.75, 3.05) is 26.2 Å². The lowest BCUT2D eigenvalue weighted by molar-refractivity contribution is 0.199. The SMILES string of the molecule is CCNS(=O)(=O)[C@@H]1CCN(CC(C)(C)CCC#N)C1. The molecule has 0 aromatic rings. The Morgan fingerprint density at radius 3 is 2.74 bits per heavy atom. The van der Waals surface area contributed by atoms with Gasteiger partial charge in [0.05, 0.1) is 11.3 Å². The number of nitrogens with zero attached hydrogens (tertiary/aromatic N) is 2. The summed E-state index contributed by atoms with van der Waals surface area (Å²) in [5.74, 6) is 0. The highest BCUT2D eigenvalue weighted by atomic mass is 32.2. The van der Waals surface area contributed by atoms with Crippen LogP contribution in [0.5, 0.6) is 0 Å². The summed E-state index contributed by atoms with van der Waals surface area (Å²) in [5, 5.41) is 8.35. The smallest absolute Gasteiger partial charge is 0.215 e. The molecule has 0 amide bonds. The lowest BCUT2D eigenvalue weighted by Crippen LogP contribution is -2.38. The monoisotopic (exact) mass is 287 g/mol. The highest BCUT2D eigenvalue weighted by molar-refractivity contribution is 7.90. The van der Waals surface area contributed by atoms with Gasteiger partial charge in [-0.25, -0.2) is 13.1 Å². The highest BCUT2D eigenvalue weighted by Crippen LogP contribution is 2.26. The van der Waals surface area contributed by atoms with Crippen LogP contribution < -0.4 is 4.72 Å². The number of nitriles is 1. The van der Waals surface area contributed by atoms with E-state index in [4.69, 9.17) is 5.26 Å². The number of likely N-dealkylation sites (tertiary alicyclic amines) is 1. The molecule has 0 saturated carbocycles.